The van der Waals surface area contributed by atoms with Crippen molar-refractivity contribution in [2.45, 2.75) is 44.0 Å². The topological polar surface area (TPSA) is 112 Å². The Morgan fingerprint density at radius 2 is 2.18 bits per heavy atom. The van der Waals surface area contributed by atoms with Gasteiger partial charge in [0.15, 0.2) is 10.3 Å². The minimum absolute atomic E-state index is 0.0352. The number of carbonyl (C=O) groups excluding carboxylic acids is 2. The van der Waals surface area contributed by atoms with Crippen LogP contribution in [-0.2, 0) is 32.0 Å². The molecule has 0 unspecified atom stereocenters. The number of fused-ring (bicyclic) bond motifs is 1. The molecular weight excluding hydrogens is 464 g/mol. The summed E-state index contributed by atoms with van der Waals surface area (Å²) < 4.78 is 12.2. The zero-order valence-electron chi connectivity index (χ0n) is 18.1. The Balaban J connectivity index is 1.45. The van der Waals surface area contributed by atoms with E-state index in [-0.39, 0.29) is 35.7 Å². The van der Waals surface area contributed by atoms with Crippen molar-refractivity contribution in [3.63, 3.8) is 0 Å². The molecule has 4 rings (SSSR count). The van der Waals surface area contributed by atoms with Crippen LogP contribution in [0.2, 0.25) is 0 Å². The Hall–Kier alpha value is -2.76. The lowest BCUT2D eigenvalue weighted by atomic mass is 10.2. The van der Waals surface area contributed by atoms with Gasteiger partial charge in [0.1, 0.15) is 0 Å². The SMILES string of the molecule is CCOC(=O)Cc1csc(NC(=O)CSc2nc3ccccc3c(=O)n2C[C@H]2CCCO2)n1. The molecule has 33 heavy (non-hydrogen) atoms. The molecular formula is C22H24N4O5S2. The molecule has 1 amide bonds. The second kappa shape index (κ2) is 10.9. The zero-order chi connectivity index (χ0) is 23.2. The fourth-order valence-corrected chi connectivity index (χ4v) is 5.04. The van der Waals surface area contributed by atoms with Crippen molar-refractivity contribution in [1.29, 1.82) is 0 Å². The fourth-order valence-electron chi connectivity index (χ4n) is 3.50. The van der Waals surface area contributed by atoms with Gasteiger partial charge in [-0.3, -0.25) is 19.0 Å². The van der Waals surface area contributed by atoms with Crippen LogP contribution >= 0.6 is 23.1 Å². The van der Waals surface area contributed by atoms with Crippen molar-refractivity contribution in [3.8, 4) is 0 Å². The smallest absolute Gasteiger partial charge is 0.311 e. The largest absolute Gasteiger partial charge is 0.466 e. The third-order valence-electron chi connectivity index (χ3n) is 5.00. The number of rotatable bonds is 9. The summed E-state index contributed by atoms with van der Waals surface area (Å²) in [5.41, 5.74) is 1.00. The van der Waals surface area contributed by atoms with Crippen LogP contribution in [0.3, 0.4) is 0 Å². The highest BCUT2D eigenvalue weighted by Gasteiger charge is 2.21. The van der Waals surface area contributed by atoms with Gasteiger partial charge in [-0.15, -0.1) is 11.3 Å². The van der Waals surface area contributed by atoms with E-state index in [2.05, 4.69) is 15.3 Å². The predicted molar refractivity (Wildman–Crippen MR) is 127 cm³/mol. The Kier molecular flexibility index (Phi) is 7.73. The number of anilines is 1. The van der Waals surface area contributed by atoms with Crippen molar-refractivity contribution in [1.82, 2.24) is 14.5 Å². The maximum absolute atomic E-state index is 13.1. The highest BCUT2D eigenvalue weighted by Crippen LogP contribution is 2.22. The van der Waals surface area contributed by atoms with E-state index in [1.807, 2.05) is 12.1 Å². The molecule has 1 fully saturated rings. The van der Waals surface area contributed by atoms with E-state index in [0.717, 1.165) is 12.8 Å². The monoisotopic (exact) mass is 488 g/mol. The van der Waals surface area contributed by atoms with Crippen LogP contribution < -0.4 is 10.9 Å². The standard InChI is InChI=1S/C22H24N4O5S2/c1-2-30-19(28)10-14-12-32-21(23-14)25-18(27)13-33-22-24-17-8-4-3-7-16(17)20(29)26(22)11-15-6-5-9-31-15/h3-4,7-8,12,15H,2,5-6,9-11,13H2,1H3,(H,23,25,27)/t15-/m1/s1. The van der Waals surface area contributed by atoms with Crippen molar-refractivity contribution in [2.24, 2.45) is 0 Å². The first-order valence-corrected chi connectivity index (χ1v) is 12.5. The van der Waals surface area contributed by atoms with Crippen LogP contribution in [0.5, 0.6) is 0 Å². The first-order valence-electron chi connectivity index (χ1n) is 10.7. The average molecular weight is 489 g/mol. The molecule has 0 spiro atoms. The molecule has 3 aromatic rings. The molecule has 11 heteroatoms. The molecule has 1 saturated heterocycles. The summed E-state index contributed by atoms with van der Waals surface area (Å²) in [5.74, 6) is -0.575. The molecule has 0 bridgehead atoms. The number of nitrogens with one attached hydrogen (secondary N) is 1. The lowest BCUT2D eigenvalue weighted by Crippen LogP contribution is -2.29. The summed E-state index contributed by atoms with van der Waals surface area (Å²) in [7, 11) is 0. The molecule has 0 saturated carbocycles. The van der Waals surface area contributed by atoms with Gasteiger partial charge in [0, 0.05) is 12.0 Å². The van der Waals surface area contributed by atoms with Crippen molar-refractivity contribution in [2.75, 3.05) is 24.3 Å². The first-order chi connectivity index (χ1) is 16.0. The van der Waals surface area contributed by atoms with Gasteiger partial charge in [-0.1, -0.05) is 23.9 Å². The van der Waals surface area contributed by atoms with Crippen LogP contribution in [-0.4, -0.2) is 51.5 Å². The van der Waals surface area contributed by atoms with Crippen molar-refractivity contribution < 1.29 is 19.1 Å². The number of aromatic nitrogens is 3. The molecule has 1 aromatic carbocycles. The number of nitrogens with zero attached hydrogens (tertiary/aromatic N) is 3. The number of thiazole rings is 1. The minimum Gasteiger partial charge on any atom is -0.466 e. The Labute approximate surface area is 198 Å². The first kappa shape index (κ1) is 23.4. The number of benzene rings is 1. The minimum atomic E-state index is -0.358. The number of ether oxygens (including phenoxy) is 2. The lowest BCUT2D eigenvalue weighted by molar-refractivity contribution is -0.142. The van der Waals surface area contributed by atoms with E-state index in [9.17, 15) is 14.4 Å². The van der Waals surface area contributed by atoms with Crippen LogP contribution in [0.15, 0.2) is 39.6 Å². The number of para-hydroxylation sites is 1. The highest BCUT2D eigenvalue weighted by molar-refractivity contribution is 7.99. The molecule has 1 aliphatic rings. The predicted octanol–water partition coefficient (Wildman–Crippen LogP) is 2.87. The maximum Gasteiger partial charge on any atom is 0.311 e. The second-order valence-electron chi connectivity index (χ2n) is 7.42. The van der Waals surface area contributed by atoms with E-state index >= 15 is 0 Å². The number of hydrogen-bond acceptors (Lipinski definition) is 9. The number of hydrogen-bond donors (Lipinski definition) is 1. The average Bonchev–Trinajstić information content (AvgIpc) is 3.47. The van der Waals surface area contributed by atoms with E-state index < -0.39 is 0 Å². The number of thioether (sulfide) groups is 1. The highest BCUT2D eigenvalue weighted by atomic mass is 32.2. The summed E-state index contributed by atoms with van der Waals surface area (Å²) in [4.78, 5) is 46.1. The Bertz CT molecular complexity index is 1200. The van der Waals surface area contributed by atoms with Gasteiger partial charge in [0.2, 0.25) is 5.91 Å². The molecule has 1 aliphatic heterocycles. The maximum atomic E-state index is 13.1. The quantitative estimate of drug-likeness (QED) is 0.278. The lowest BCUT2D eigenvalue weighted by Gasteiger charge is -2.16. The molecule has 1 atom stereocenters. The van der Waals surface area contributed by atoms with Gasteiger partial charge in [0.05, 0.1) is 48.0 Å². The van der Waals surface area contributed by atoms with Gasteiger partial charge in [0.25, 0.3) is 5.56 Å². The van der Waals surface area contributed by atoms with Crippen LogP contribution in [0.4, 0.5) is 5.13 Å². The van der Waals surface area contributed by atoms with E-state index in [1.54, 1.807) is 29.0 Å². The molecule has 1 N–H and O–H groups in total. The van der Waals surface area contributed by atoms with E-state index in [1.165, 1.54) is 23.1 Å². The third kappa shape index (κ3) is 5.98. The summed E-state index contributed by atoms with van der Waals surface area (Å²) in [6.07, 6.45) is 1.89. The molecule has 2 aromatic heterocycles. The van der Waals surface area contributed by atoms with Crippen molar-refractivity contribution in [3.05, 3.63) is 45.7 Å². The fraction of sp³-hybridized carbons (Fsp3) is 0.409. The van der Waals surface area contributed by atoms with Gasteiger partial charge in [-0.2, -0.15) is 0 Å². The zero-order valence-corrected chi connectivity index (χ0v) is 19.7. The van der Waals surface area contributed by atoms with Crippen LogP contribution in [0.1, 0.15) is 25.5 Å². The molecule has 174 valence electrons. The van der Waals surface area contributed by atoms with Crippen LogP contribution in [0, 0.1) is 0 Å². The molecule has 9 nitrogen and oxygen atoms in total. The number of amides is 1. The summed E-state index contributed by atoms with van der Waals surface area (Å²) in [6, 6.07) is 7.19. The van der Waals surface area contributed by atoms with Gasteiger partial charge < -0.3 is 14.8 Å². The molecule has 0 radical (unpaired) electrons. The van der Waals surface area contributed by atoms with Gasteiger partial charge in [-0.05, 0) is 31.9 Å². The van der Waals surface area contributed by atoms with Gasteiger partial charge >= 0.3 is 5.97 Å². The molecule has 3 heterocycles. The van der Waals surface area contributed by atoms with Gasteiger partial charge in [-0.25, -0.2) is 9.97 Å². The Morgan fingerprint density at radius 3 is 2.97 bits per heavy atom. The molecule has 0 aliphatic carbocycles. The normalized spacial score (nSPS) is 15.6. The Morgan fingerprint density at radius 1 is 1.33 bits per heavy atom. The van der Waals surface area contributed by atoms with E-state index in [4.69, 9.17) is 9.47 Å². The summed E-state index contributed by atoms with van der Waals surface area (Å²) in [5, 5.41) is 5.88. The third-order valence-corrected chi connectivity index (χ3v) is 6.78. The number of esters is 1. The summed E-state index contributed by atoms with van der Waals surface area (Å²) >= 11 is 2.44. The summed E-state index contributed by atoms with van der Waals surface area (Å²) in [6.45, 7) is 3.15. The van der Waals surface area contributed by atoms with Crippen molar-refractivity contribution >= 4 is 51.0 Å². The van der Waals surface area contributed by atoms with E-state index in [0.29, 0.717) is 46.6 Å². The number of carbonyl (C=O) groups is 2. The van der Waals surface area contributed by atoms with Crippen LogP contribution in [0.25, 0.3) is 10.9 Å². The second-order valence-corrected chi connectivity index (χ2v) is 9.23.